The van der Waals surface area contributed by atoms with Gasteiger partial charge >= 0.3 is 0 Å². The van der Waals surface area contributed by atoms with E-state index in [9.17, 15) is 5.21 Å². The average molecular weight is 294 g/mol. The Morgan fingerprint density at radius 2 is 1.68 bits per heavy atom. The monoisotopic (exact) mass is 294 g/mol. The maximum Gasteiger partial charge on any atom is 0.259 e. The zero-order valence-electron chi connectivity index (χ0n) is 11.9. The second-order valence-electron chi connectivity index (χ2n) is 4.75. The zero-order valence-corrected chi connectivity index (χ0v) is 11.9. The van der Waals surface area contributed by atoms with Gasteiger partial charge in [-0.3, -0.25) is 0 Å². The molecule has 2 aromatic carbocycles. The number of hydrogen-bond acceptors (Lipinski definition) is 4. The van der Waals surface area contributed by atoms with E-state index in [1.807, 2.05) is 48.5 Å². The van der Waals surface area contributed by atoms with E-state index in [-0.39, 0.29) is 11.4 Å². The molecule has 22 heavy (non-hydrogen) atoms. The van der Waals surface area contributed by atoms with Crippen molar-refractivity contribution in [1.82, 2.24) is 9.90 Å². The number of hydrogen-bond donors (Lipinski definition) is 1. The SMILES string of the molecule is C/C(=N\O)c1c(-c2ccccc2)nn(-c2ccccc2)[n+]1[O-]. The van der Waals surface area contributed by atoms with Crippen LogP contribution in [-0.4, -0.2) is 20.8 Å². The van der Waals surface area contributed by atoms with E-state index in [2.05, 4.69) is 10.3 Å². The third-order valence-corrected chi connectivity index (χ3v) is 3.31. The molecule has 0 aliphatic carbocycles. The average Bonchev–Trinajstić information content (AvgIpc) is 2.93. The molecule has 1 N–H and O–H groups in total. The quantitative estimate of drug-likeness (QED) is 0.265. The molecule has 3 aromatic rings. The van der Waals surface area contributed by atoms with Crippen LogP contribution in [0.4, 0.5) is 0 Å². The first-order valence-corrected chi connectivity index (χ1v) is 6.75. The van der Waals surface area contributed by atoms with Crippen molar-refractivity contribution in [1.29, 1.82) is 0 Å². The molecule has 0 amide bonds. The third kappa shape index (κ3) is 2.31. The lowest BCUT2D eigenvalue weighted by atomic mass is 10.1. The molecule has 3 rings (SSSR count). The largest absolute Gasteiger partial charge is 0.692 e. The Morgan fingerprint density at radius 1 is 1.09 bits per heavy atom. The minimum Gasteiger partial charge on any atom is -0.692 e. The van der Waals surface area contributed by atoms with Crippen molar-refractivity contribution in [3.8, 4) is 16.9 Å². The molecule has 0 radical (unpaired) electrons. The van der Waals surface area contributed by atoms with Gasteiger partial charge in [0.15, 0.2) is 0 Å². The number of oxime groups is 1. The molecule has 0 unspecified atom stereocenters. The van der Waals surface area contributed by atoms with Crippen molar-refractivity contribution in [2.75, 3.05) is 0 Å². The van der Waals surface area contributed by atoms with Crippen LogP contribution in [0.5, 0.6) is 0 Å². The molecule has 1 heterocycles. The molecule has 0 fully saturated rings. The Bertz CT molecular complexity index is 811. The van der Waals surface area contributed by atoms with Gasteiger partial charge in [0.25, 0.3) is 5.69 Å². The lowest BCUT2D eigenvalue weighted by Gasteiger charge is -2.05. The molecule has 6 nitrogen and oxygen atoms in total. The summed E-state index contributed by atoms with van der Waals surface area (Å²) < 4.78 is 0. The number of nitrogens with zero attached hydrogens (tertiary/aromatic N) is 4. The standard InChI is InChI=1S/C16H14N4O2/c1-12(18-21)16-15(13-8-4-2-5-9-13)17-19(20(16)22)14-10-6-3-7-11-14/h2-11,21H,1H3/b18-12+. The van der Waals surface area contributed by atoms with Crippen LogP contribution in [0.1, 0.15) is 12.6 Å². The van der Waals surface area contributed by atoms with E-state index >= 15 is 0 Å². The normalized spacial score (nSPS) is 11.6. The number of para-hydroxylation sites is 1. The highest BCUT2D eigenvalue weighted by Gasteiger charge is 2.27. The molecule has 0 aliphatic heterocycles. The van der Waals surface area contributed by atoms with Crippen molar-refractivity contribution in [2.45, 2.75) is 6.92 Å². The predicted molar refractivity (Wildman–Crippen MR) is 82.0 cm³/mol. The highest BCUT2D eigenvalue weighted by molar-refractivity contribution is 6.00. The summed E-state index contributed by atoms with van der Waals surface area (Å²) in [7, 11) is 0. The van der Waals surface area contributed by atoms with Gasteiger partial charge in [-0.15, -0.1) is 4.85 Å². The maximum atomic E-state index is 12.6. The lowest BCUT2D eigenvalue weighted by Crippen LogP contribution is -2.41. The van der Waals surface area contributed by atoms with E-state index in [1.54, 1.807) is 19.1 Å². The van der Waals surface area contributed by atoms with E-state index in [1.165, 1.54) is 4.80 Å². The molecule has 0 aliphatic rings. The summed E-state index contributed by atoms with van der Waals surface area (Å²) in [6.45, 7) is 1.56. The fourth-order valence-corrected chi connectivity index (χ4v) is 2.24. The summed E-state index contributed by atoms with van der Waals surface area (Å²) >= 11 is 0. The first-order valence-electron chi connectivity index (χ1n) is 6.75. The summed E-state index contributed by atoms with van der Waals surface area (Å²) in [6.07, 6.45) is 0. The maximum absolute atomic E-state index is 12.6. The summed E-state index contributed by atoms with van der Waals surface area (Å²) in [4.78, 5) is 1.87. The van der Waals surface area contributed by atoms with E-state index in [0.29, 0.717) is 16.2 Å². The first-order chi connectivity index (χ1) is 10.7. The van der Waals surface area contributed by atoms with Gasteiger partial charge in [0.1, 0.15) is 11.4 Å². The van der Waals surface area contributed by atoms with E-state index < -0.39 is 0 Å². The van der Waals surface area contributed by atoms with Crippen LogP contribution in [0.3, 0.4) is 0 Å². The van der Waals surface area contributed by atoms with Crippen LogP contribution in [-0.2, 0) is 0 Å². The second kappa shape index (κ2) is 5.69. The van der Waals surface area contributed by atoms with Crippen molar-refractivity contribution in [3.05, 3.63) is 71.6 Å². The van der Waals surface area contributed by atoms with Gasteiger partial charge in [0.2, 0.25) is 5.69 Å². The van der Waals surface area contributed by atoms with Crippen LogP contribution in [0.15, 0.2) is 65.8 Å². The van der Waals surface area contributed by atoms with E-state index in [4.69, 9.17) is 5.21 Å². The topological polar surface area (TPSA) is 77.4 Å². The fraction of sp³-hybridized carbons (Fsp3) is 0.0625. The summed E-state index contributed by atoms with van der Waals surface area (Å²) in [6, 6.07) is 18.4. The van der Waals surface area contributed by atoms with Gasteiger partial charge in [0, 0.05) is 5.56 Å². The Balaban J connectivity index is 2.26. The lowest BCUT2D eigenvalue weighted by molar-refractivity contribution is -0.689. The molecule has 0 saturated heterocycles. The Kier molecular flexibility index (Phi) is 3.57. The molecule has 0 saturated carbocycles. The van der Waals surface area contributed by atoms with E-state index in [0.717, 1.165) is 5.56 Å². The molecule has 0 bridgehead atoms. The summed E-state index contributed by atoms with van der Waals surface area (Å²) in [5.74, 6) is 0. The Morgan fingerprint density at radius 3 is 2.27 bits per heavy atom. The van der Waals surface area contributed by atoms with Crippen molar-refractivity contribution in [2.24, 2.45) is 5.16 Å². The first kappa shape index (κ1) is 13.8. The predicted octanol–water partition coefficient (Wildman–Crippen LogP) is 2.37. The second-order valence-corrected chi connectivity index (χ2v) is 4.75. The zero-order chi connectivity index (χ0) is 15.5. The third-order valence-electron chi connectivity index (χ3n) is 3.31. The molecule has 1 aromatic heterocycles. The minimum atomic E-state index is 0.205. The molecular formula is C16H14N4O2. The van der Waals surface area contributed by atoms with Crippen LogP contribution >= 0.6 is 0 Å². The number of rotatable bonds is 3. The van der Waals surface area contributed by atoms with Crippen molar-refractivity contribution >= 4 is 5.71 Å². The molecule has 0 spiro atoms. The Hall–Kier alpha value is -3.15. The van der Waals surface area contributed by atoms with Gasteiger partial charge in [-0.2, -0.15) is 0 Å². The van der Waals surface area contributed by atoms with Crippen molar-refractivity contribution < 1.29 is 10.1 Å². The van der Waals surface area contributed by atoms with Gasteiger partial charge in [-0.25, -0.2) is 0 Å². The van der Waals surface area contributed by atoms with Gasteiger partial charge < -0.3 is 10.4 Å². The number of aromatic nitrogens is 3. The van der Waals surface area contributed by atoms with Gasteiger partial charge in [-0.1, -0.05) is 53.7 Å². The minimum absolute atomic E-state index is 0.205. The smallest absolute Gasteiger partial charge is 0.259 e. The molecule has 0 atom stereocenters. The highest BCUT2D eigenvalue weighted by atomic mass is 16.5. The van der Waals surface area contributed by atoms with Crippen molar-refractivity contribution in [3.63, 3.8) is 0 Å². The summed E-state index contributed by atoms with van der Waals surface area (Å²) in [5.41, 5.74) is 2.30. The Labute approximate surface area is 127 Å². The van der Waals surface area contributed by atoms with Crippen LogP contribution in [0, 0.1) is 5.21 Å². The van der Waals surface area contributed by atoms with Crippen LogP contribution in [0.25, 0.3) is 16.9 Å². The fourth-order valence-electron chi connectivity index (χ4n) is 2.24. The molecule has 6 heteroatoms. The molecular weight excluding hydrogens is 280 g/mol. The van der Waals surface area contributed by atoms with Crippen LogP contribution in [0.2, 0.25) is 0 Å². The van der Waals surface area contributed by atoms with Gasteiger partial charge in [0.05, 0.1) is 5.10 Å². The summed E-state index contributed by atoms with van der Waals surface area (Å²) in [5, 5.41) is 29.2. The highest BCUT2D eigenvalue weighted by Crippen LogP contribution is 2.20. The van der Waals surface area contributed by atoms with Crippen LogP contribution < -0.4 is 4.85 Å². The molecule has 110 valence electrons. The number of benzene rings is 2. The van der Waals surface area contributed by atoms with Gasteiger partial charge in [-0.05, 0) is 23.9 Å².